The number of carbonyl (C=O) groups excluding carboxylic acids is 2. The molecule has 1 N–H and O–H groups in total. The number of hydrogen-bond donors (Lipinski definition) is 1. The molecular weight excluding hydrogens is 767 g/mol. The molecule has 2 atom stereocenters. The molecule has 0 aliphatic carbocycles. The van der Waals surface area contributed by atoms with Crippen molar-refractivity contribution in [2.24, 2.45) is 0 Å². The number of aliphatic carboxylic acids is 1. The third-order valence-corrected chi connectivity index (χ3v) is 9.95. The van der Waals surface area contributed by atoms with E-state index in [0.717, 1.165) is 83.5 Å². The quantitative estimate of drug-likeness (QED) is 0.0212. The fraction of sp³-hybridized carbons (Fsp3) is 0.712. The molecule has 9 nitrogen and oxygen atoms in total. The van der Waals surface area contributed by atoms with Crippen LogP contribution in [0.1, 0.15) is 181 Å². The number of carboxylic acid groups (broad SMARTS) is 1. The Labute approximate surface area is 373 Å². The van der Waals surface area contributed by atoms with E-state index >= 15 is 0 Å². The molecule has 0 aromatic rings. The third kappa shape index (κ3) is 44.6. The summed E-state index contributed by atoms with van der Waals surface area (Å²) in [5.74, 6) is -2.06. The molecule has 350 valence electrons. The summed E-state index contributed by atoms with van der Waals surface area (Å²) in [6.45, 7) is 4.70. The minimum Gasteiger partial charge on any atom is -0.477 e. The topological polar surface area (TPSA) is 108 Å². The van der Waals surface area contributed by atoms with E-state index in [-0.39, 0.29) is 38.6 Å². The number of carboxylic acids is 1. The molecule has 0 aliphatic rings. The molecule has 0 aromatic heterocycles. The SMILES string of the molecule is CC/C=C\C/C=C\C/C=C\C/C=C\C/C=C\CCCCCC(=O)OC(COC(=O)CCCCCCCCC/C=C\CCCCCCCC)COC(OCC[N+](C)(C)C)C(=O)O. The largest absolute Gasteiger partial charge is 0.477 e. The molecule has 0 saturated carbocycles. The summed E-state index contributed by atoms with van der Waals surface area (Å²) in [5.41, 5.74) is 0. The lowest BCUT2D eigenvalue weighted by atomic mass is 10.1. The molecule has 0 spiro atoms. The number of nitrogens with zero attached hydrogens (tertiary/aromatic N) is 1. The van der Waals surface area contributed by atoms with Gasteiger partial charge in [-0.2, -0.15) is 0 Å². The predicted octanol–water partition coefficient (Wildman–Crippen LogP) is 13.1. The summed E-state index contributed by atoms with van der Waals surface area (Å²) < 4.78 is 22.7. The van der Waals surface area contributed by atoms with Crippen molar-refractivity contribution in [3.05, 3.63) is 72.9 Å². The Kier molecular flexibility index (Phi) is 41.1. The van der Waals surface area contributed by atoms with Gasteiger partial charge >= 0.3 is 17.9 Å². The molecular formula is C52H90NO8+. The molecule has 2 unspecified atom stereocenters. The molecule has 9 heteroatoms. The fourth-order valence-corrected chi connectivity index (χ4v) is 6.21. The zero-order chi connectivity index (χ0) is 44.9. The number of likely N-dealkylation sites (N-methyl/N-ethyl adjacent to an activating group) is 1. The fourth-order valence-electron chi connectivity index (χ4n) is 6.21. The monoisotopic (exact) mass is 857 g/mol. The molecule has 0 saturated heterocycles. The van der Waals surface area contributed by atoms with Crippen molar-refractivity contribution in [3.63, 3.8) is 0 Å². The lowest BCUT2D eigenvalue weighted by molar-refractivity contribution is -0.870. The van der Waals surface area contributed by atoms with E-state index in [0.29, 0.717) is 17.4 Å². The van der Waals surface area contributed by atoms with Crippen LogP contribution in [0.4, 0.5) is 0 Å². The summed E-state index contributed by atoms with van der Waals surface area (Å²) >= 11 is 0. The second-order valence-electron chi connectivity index (χ2n) is 17.0. The zero-order valence-corrected chi connectivity index (χ0v) is 39.5. The Morgan fingerprint density at radius 1 is 0.508 bits per heavy atom. The van der Waals surface area contributed by atoms with Crippen LogP contribution >= 0.6 is 0 Å². The third-order valence-electron chi connectivity index (χ3n) is 9.95. The maximum atomic E-state index is 12.8. The van der Waals surface area contributed by atoms with Gasteiger partial charge in [0.1, 0.15) is 13.2 Å². The van der Waals surface area contributed by atoms with Crippen LogP contribution in [0.2, 0.25) is 0 Å². The molecule has 0 amide bonds. The summed E-state index contributed by atoms with van der Waals surface area (Å²) in [5, 5.41) is 9.65. The Bertz CT molecular complexity index is 1230. The van der Waals surface area contributed by atoms with Crippen LogP contribution in [0.3, 0.4) is 0 Å². The summed E-state index contributed by atoms with van der Waals surface area (Å²) in [7, 11) is 5.94. The van der Waals surface area contributed by atoms with E-state index < -0.39 is 24.3 Å². The van der Waals surface area contributed by atoms with Crippen LogP contribution in [0, 0.1) is 0 Å². The minimum atomic E-state index is -1.52. The highest BCUT2D eigenvalue weighted by atomic mass is 16.7. The smallest absolute Gasteiger partial charge is 0.361 e. The molecule has 0 aromatic carbocycles. The van der Waals surface area contributed by atoms with E-state index in [4.69, 9.17) is 18.9 Å². The van der Waals surface area contributed by atoms with Crippen molar-refractivity contribution < 1.29 is 42.9 Å². The average molecular weight is 857 g/mol. The lowest BCUT2D eigenvalue weighted by Crippen LogP contribution is -2.40. The first-order valence-corrected chi connectivity index (χ1v) is 24.1. The Morgan fingerprint density at radius 2 is 0.934 bits per heavy atom. The van der Waals surface area contributed by atoms with Crippen LogP contribution in [-0.2, 0) is 33.3 Å². The highest BCUT2D eigenvalue weighted by molar-refractivity contribution is 5.71. The minimum absolute atomic E-state index is 0.177. The zero-order valence-electron chi connectivity index (χ0n) is 39.5. The van der Waals surface area contributed by atoms with Crippen LogP contribution < -0.4 is 0 Å². The first-order valence-electron chi connectivity index (χ1n) is 24.1. The molecule has 61 heavy (non-hydrogen) atoms. The highest BCUT2D eigenvalue weighted by Crippen LogP contribution is 2.13. The normalized spacial score (nSPS) is 13.5. The number of unbranched alkanes of at least 4 members (excludes halogenated alkanes) is 16. The Hall–Kier alpha value is -3.27. The maximum absolute atomic E-state index is 12.8. The van der Waals surface area contributed by atoms with Gasteiger partial charge in [0.15, 0.2) is 6.10 Å². The van der Waals surface area contributed by atoms with Crippen LogP contribution in [0.5, 0.6) is 0 Å². The predicted molar refractivity (Wildman–Crippen MR) is 253 cm³/mol. The molecule has 0 aliphatic heterocycles. The van der Waals surface area contributed by atoms with Gasteiger partial charge in [-0.05, 0) is 83.5 Å². The van der Waals surface area contributed by atoms with Crippen molar-refractivity contribution in [3.8, 4) is 0 Å². The van der Waals surface area contributed by atoms with Crippen LogP contribution in [0.15, 0.2) is 72.9 Å². The van der Waals surface area contributed by atoms with Crippen LogP contribution in [0.25, 0.3) is 0 Å². The first kappa shape index (κ1) is 57.7. The number of esters is 2. The van der Waals surface area contributed by atoms with Gasteiger partial charge in [-0.15, -0.1) is 0 Å². The summed E-state index contributed by atoms with van der Waals surface area (Å²) in [6.07, 6.45) is 51.0. The van der Waals surface area contributed by atoms with E-state index in [1.165, 1.54) is 64.2 Å². The van der Waals surface area contributed by atoms with E-state index in [1.807, 2.05) is 21.1 Å². The second-order valence-corrected chi connectivity index (χ2v) is 17.0. The lowest BCUT2D eigenvalue weighted by Gasteiger charge is -2.25. The van der Waals surface area contributed by atoms with Gasteiger partial charge in [0.2, 0.25) is 0 Å². The van der Waals surface area contributed by atoms with Crippen molar-refractivity contribution in [2.75, 3.05) is 47.5 Å². The Morgan fingerprint density at radius 3 is 1.43 bits per heavy atom. The van der Waals surface area contributed by atoms with Crippen molar-refractivity contribution in [1.82, 2.24) is 0 Å². The van der Waals surface area contributed by atoms with Gasteiger partial charge in [0.25, 0.3) is 6.29 Å². The van der Waals surface area contributed by atoms with Gasteiger partial charge < -0.3 is 28.5 Å². The number of hydrogen-bond acceptors (Lipinski definition) is 7. The molecule has 0 bridgehead atoms. The second kappa shape index (κ2) is 43.4. The van der Waals surface area contributed by atoms with Crippen molar-refractivity contribution in [1.29, 1.82) is 0 Å². The maximum Gasteiger partial charge on any atom is 0.361 e. The molecule has 0 radical (unpaired) electrons. The summed E-state index contributed by atoms with van der Waals surface area (Å²) in [6, 6.07) is 0. The Balaban J connectivity index is 4.48. The number of ether oxygens (including phenoxy) is 4. The van der Waals surface area contributed by atoms with E-state index in [1.54, 1.807) is 0 Å². The van der Waals surface area contributed by atoms with Crippen molar-refractivity contribution >= 4 is 17.9 Å². The summed E-state index contributed by atoms with van der Waals surface area (Å²) in [4.78, 5) is 37.2. The molecule has 0 fully saturated rings. The number of quaternary nitrogens is 1. The van der Waals surface area contributed by atoms with E-state index in [2.05, 4.69) is 86.8 Å². The highest BCUT2D eigenvalue weighted by Gasteiger charge is 2.25. The van der Waals surface area contributed by atoms with Gasteiger partial charge in [0, 0.05) is 12.8 Å². The molecule has 0 heterocycles. The standard InChI is InChI=1S/C52H89NO8/c1-6-8-10-12-14-16-18-20-22-24-25-27-29-31-33-35-37-39-41-43-50(55)61-48(47-60-52(51(56)57)58-45-44-53(3,4)5)46-59-49(54)42-40-38-36-34-32-30-28-26-23-21-19-17-15-13-11-9-7-2/h8,10,14,16,20-23,25,27,31,33,48,52H,6-7,9,11-13,15,17-19,24,26,28-30,32,34-47H2,1-5H3/p+1/b10-8-,16-14-,22-20-,23-21-,27-25-,33-31-. The van der Waals surface area contributed by atoms with Crippen LogP contribution in [-0.4, -0.2) is 87.4 Å². The van der Waals surface area contributed by atoms with Gasteiger partial charge in [-0.3, -0.25) is 9.59 Å². The number of carbonyl (C=O) groups is 3. The van der Waals surface area contributed by atoms with Gasteiger partial charge in [-0.25, -0.2) is 4.79 Å². The first-order chi connectivity index (χ1) is 29.6. The number of rotatable bonds is 43. The number of allylic oxidation sites excluding steroid dienone is 12. The van der Waals surface area contributed by atoms with Gasteiger partial charge in [0.05, 0.1) is 34.4 Å². The van der Waals surface area contributed by atoms with Gasteiger partial charge in [-0.1, -0.05) is 157 Å². The average Bonchev–Trinajstić information content (AvgIpc) is 3.22. The van der Waals surface area contributed by atoms with E-state index in [9.17, 15) is 19.5 Å². The molecule has 0 rings (SSSR count). The van der Waals surface area contributed by atoms with Crippen molar-refractivity contribution in [2.45, 2.75) is 193 Å².